The molecule has 2 N–H and O–H groups in total. The minimum Gasteiger partial charge on any atom is -0.376 e. The van der Waals surface area contributed by atoms with Crippen LogP contribution in [0.5, 0.6) is 0 Å². The van der Waals surface area contributed by atoms with E-state index >= 15 is 0 Å². The van der Waals surface area contributed by atoms with Gasteiger partial charge in [0.25, 0.3) is 0 Å². The number of amides is 1. The summed E-state index contributed by atoms with van der Waals surface area (Å²) in [6.07, 6.45) is 2.81. The standard InChI is InChI=1S/C21H27ClN4O3S/c1-25(2)20-11-10-16(30(28,29)26-12-6-3-7-13-26)14-19(20)23-15-21(27)24-18-9-5-4-8-17(18)22/h4-5,8-11,14,23H,3,6-7,12-13,15H2,1-2H3,(H,24,27). The molecule has 1 heterocycles. The summed E-state index contributed by atoms with van der Waals surface area (Å²) >= 11 is 6.08. The topological polar surface area (TPSA) is 81.8 Å². The van der Waals surface area contributed by atoms with E-state index in [-0.39, 0.29) is 17.3 Å². The molecule has 30 heavy (non-hydrogen) atoms. The number of benzene rings is 2. The Morgan fingerprint density at radius 3 is 2.43 bits per heavy atom. The molecule has 0 unspecified atom stereocenters. The van der Waals surface area contributed by atoms with Crippen LogP contribution in [0.4, 0.5) is 17.1 Å². The first kappa shape index (κ1) is 22.4. The second-order valence-corrected chi connectivity index (χ2v) is 9.76. The largest absolute Gasteiger partial charge is 0.376 e. The molecule has 0 spiro atoms. The molecule has 0 atom stereocenters. The average molecular weight is 451 g/mol. The van der Waals surface area contributed by atoms with Gasteiger partial charge in [0.05, 0.1) is 33.5 Å². The Labute approximate surface area is 183 Å². The number of nitrogens with zero attached hydrogens (tertiary/aromatic N) is 2. The molecule has 0 radical (unpaired) electrons. The SMILES string of the molecule is CN(C)c1ccc(S(=O)(=O)N2CCCCC2)cc1NCC(=O)Nc1ccccc1Cl. The monoisotopic (exact) mass is 450 g/mol. The van der Waals surface area contributed by atoms with Gasteiger partial charge in [-0.05, 0) is 43.2 Å². The van der Waals surface area contributed by atoms with Gasteiger partial charge in [0.15, 0.2) is 0 Å². The van der Waals surface area contributed by atoms with Crippen LogP contribution in [-0.4, -0.2) is 52.4 Å². The summed E-state index contributed by atoms with van der Waals surface area (Å²) in [5, 5.41) is 6.28. The van der Waals surface area contributed by atoms with Crippen molar-refractivity contribution in [2.24, 2.45) is 0 Å². The van der Waals surface area contributed by atoms with E-state index in [2.05, 4.69) is 10.6 Å². The smallest absolute Gasteiger partial charge is 0.243 e. The molecule has 162 valence electrons. The maximum atomic E-state index is 13.0. The van der Waals surface area contributed by atoms with Crippen LogP contribution < -0.4 is 15.5 Å². The number of carbonyl (C=O) groups is 1. The van der Waals surface area contributed by atoms with Gasteiger partial charge >= 0.3 is 0 Å². The fourth-order valence-electron chi connectivity index (χ4n) is 3.39. The molecule has 1 fully saturated rings. The van der Waals surface area contributed by atoms with Gasteiger partial charge in [-0.1, -0.05) is 30.2 Å². The van der Waals surface area contributed by atoms with Gasteiger partial charge < -0.3 is 15.5 Å². The third-order valence-corrected chi connectivity index (χ3v) is 7.21. The molecule has 1 aliphatic rings. The second kappa shape index (κ2) is 9.68. The van der Waals surface area contributed by atoms with E-state index in [0.717, 1.165) is 24.9 Å². The van der Waals surface area contributed by atoms with Crippen molar-refractivity contribution in [1.82, 2.24) is 4.31 Å². The van der Waals surface area contributed by atoms with Crippen molar-refractivity contribution in [3.05, 3.63) is 47.5 Å². The Kier molecular flexibility index (Phi) is 7.23. The molecule has 9 heteroatoms. The van der Waals surface area contributed by atoms with Crippen LogP contribution >= 0.6 is 11.6 Å². The fraction of sp³-hybridized carbons (Fsp3) is 0.381. The lowest BCUT2D eigenvalue weighted by Gasteiger charge is -2.27. The first-order valence-corrected chi connectivity index (χ1v) is 11.7. The predicted molar refractivity (Wildman–Crippen MR) is 122 cm³/mol. The van der Waals surface area contributed by atoms with Crippen LogP contribution in [0.1, 0.15) is 19.3 Å². The van der Waals surface area contributed by atoms with Crippen LogP contribution in [0.25, 0.3) is 0 Å². The number of para-hydroxylation sites is 1. The Hall–Kier alpha value is -2.29. The zero-order chi connectivity index (χ0) is 21.7. The summed E-state index contributed by atoms with van der Waals surface area (Å²) in [5.74, 6) is -0.280. The minimum atomic E-state index is -3.56. The lowest BCUT2D eigenvalue weighted by molar-refractivity contribution is -0.114. The average Bonchev–Trinajstić information content (AvgIpc) is 2.74. The third kappa shape index (κ3) is 5.24. The van der Waals surface area contributed by atoms with Gasteiger partial charge in [0.1, 0.15) is 0 Å². The molecule has 0 aromatic heterocycles. The Balaban J connectivity index is 1.78. The van der Waals surface area contributed by atoms with Crippen molar-refractivity contribution in [1.29, 1.82) is 0 Å². The molecule has 1 amide bonds. The molecule has 1 saturated heterocycles. The quantitative estimate of drug-likeness (QED) is 0.673. The lowest BCUT2D eigenvalue weighted by atomic mass is 10.2. The third-order valence-electron chi connectivity index (χ3n) is 4.99. The fourth-order valence-corrected chi connectivity index (χ4v) is 5.12. The van der Waals surface area contributed by atoms with Gasteiger partial charge in [-0.15, -0.1) is 0 Å². The molecule has 2 aromatic carbocycles. The molecule has 0 bridgehead atoms. The van der Waals surface area contributed by atoms with E-state index in [0.29, 0.717) is 29.5 Å². The number of hydrogen-bond donors (Lipinski definition) is 2. The van der Waals surface area contributed by atoms with Crippen LogP contribution in [0.2, 0.25) is 5.02 Å². The lowest BCUT2D eigenvalue weighted by Crippen LogP contribution is -2.35. The number of sulfonamides is 1. The maximum Gasteiger partial charge on any atom is 0.243 e. The summed E-state index contributed by atoms with van der Waals surface area (Å²) in [4.78, 5) is 14.5. The van der Waals surface area contributed by atoms with Gasteiger partial charge in [-0.2, -0.15) is 4.31 Å². The van der Waals surface area contributed by atoms with Crippen LogP contribution in [0.3, 0.4) is 0 Å². The highest BCUT2D eigenvalue weighted by molar-refractivity contribution is 7.89. The number of anilines is 3. The molecule has 0 saturated carbocycles. The van der Waals surface area contributed by atoms with Crippen molar-refractivity contribution in [2.75, 3.05) is 49.3 Å². The number of piperidine rings is 1. The Morgan fingerprint density at radius 1 is 1.07 bits per heavy atom. The van der Waals surface area contributed by atoms with Gasteiger partial charge in [0.2, 0.25) is 15.9 Å². The molecule has 2 aromatic rings. The number of halogens is 1. The van der Waals surface area contributed by atoms with Crippen molar-refractivity contribution in [3.63, 3.8) is 0 Å². The van der Waals surface area contributed by atoms with Gasteiger partial charge in [-0.25, -0.2) is 8.42 Å². The minimum absolute atomic E-state index is 0.0285. The first-order chi connectivity index (χ1) is 14.3. The van der Waals surface area contributed by atoms with E-state index in [1.807, 2.05) is 19.0 Å². The molecular formula is C21H27ClN4O3S. The van der Waals surface area contributed by atoms with E-state index in [4.69, 9.17) is 11.6 Å². The summed E-state index contributed by atoms with van der Waals surface area (Å²) < 4.78 is 27.6. The zero-order valence-electron chi connectivity index (χ0n) is 17.2. The molecule has 1 aliphatic heterocycles. The van der Waals surface area contributed by atoms with Gasteiger partial charge in [-0.3, -0.25) is 4.79 Å². The van der Waals surface area contributed by atoms with Crippen molar-refractivity contribution >= 4 is 44.6 Å². The summed E-state index contributed by atoms with van der Waals surface area (Å²) in [6.45, 7) is 1.06. The molecule has 3 rings (SSSR count). The highest BCUT2D eigenvalue weighted by atomic mass is 35.5. The maximum absolute atomic E-state index is 13.0. The van der Waals surface area contributed by atoms with Crippen molar-refractivity contribution < 1.29 is 13.2 Å². The summed E-state index contributed by atoms with van der Waals surface area (Å²) in [5.41, 5.74) is 1.89. The van der Waals surface area contributed by atoms with Crippen LogP contribution in [0, 0.1) is 0 Å². The number of hydrogen-bond acceptors (Lipinski definition) is 5. The van der Waals surface area contributed by atoms with E-state index in [1.165, 1.54) is 4.31 Å². The predicted octanol–water partition coefficient (Wildman–Crippen LogP) is 3.63. The Bertz CT molecular complexity index is 1010. The zero-order valence-corrected chi connectivity index (χ0v) is 18.8. The van der Waals surface area contributed by atoms with Crippen molar-refractivity contribution in [3.8, 4) is 0 Å². The molecular weight excluding hydrogens is 424 g/mol. The number of rotatable bonds is 7. The second-order valence-electron chi connectivity index (χ2n) is 7.42. The van der Waals surface area contributed by atoms with Crippen molar-refractivity contribution in [2.45, 2.75) is 24.2 Å². The highest BCUT2D eigenvalue weighted by Crippen LogP contribution is 2.30. The number of nitrogens with one attached hydrogen (secondary N) is 2. The normalized spacial score (nSPS) is 14.9. The van der Waals surface area contributed by atoms with Gasteiger partial charge in [0, 0.05) is 27.2 Å². The summed E-state index contributed by atoms with van der Waals surface area (Å²) in [6, 6.07) is 12.0. The Morgan fingerprint density at radius 2 is 1.77 bits per heavy atom. The van der Waals surface area contributed by atoms with E-state index in [1.54, 1.807) is 42.5 Å². The highest BCUT2D eigenvalue weighted by Gasteiger charge is 2.26. The molecule has 7 nitrogen and oxygen atoms in total. The van der Waals surface area contributed by atoms with E-state index < -0.39 is 10.0 Å². The van der Waals surface area contributed by atoms with E-state index in [9.17, 15) is 13.2 Å². The number of carbonyl (C=O) groups excluding carboxylic acids is 1. The summed E-state index contributed by atoms with van der Waals surface area (Å²) in [7, 11) is 0.166. The molecule has 0 aliphatic carbocycles. The first-order valence-electron chi connectivity index (χ1n) is 9.89. The van der Waals surface area contributed by atoms with Crippen LogP contribution in [-0.2, 0) is 14.8 Å². The van der Waals surface area contributed by atoms with Crippen LogP contribution in [0.15, 0.2) is 47.4 Å².